The quantitative estimate of drug-likeness (QED) is 0.607. The smallest absolute Gasteiger partial charge is 0.259 e. The highest BCUT2D eigenvalue weighted by molar-refractivity contribution is 5.99. The van der Waals surface area contributed by atoms with Crippen LogP contribution in [0.15, 0.2) is 47.3 Å². The normalized spacial score (nSPS) is 13.5. The topological polar surface area (TPSA) is 64.2 Å². The number of benzene rings is 2. The van der Waals surface area contributed by atoms with Crippen molar-refractivity contribution in [1.82, 2.24) is 4.57 Å². The van der Waals surface area contributed by atoms with Crippen LogP contribution in [0.25, 0.3) is 21.9 Å². The molecule has 0 bridgehead atoms. The number of rotatable bonds is 6. The highest BCUT2D eigenvalue weighted by atomic mass is 19.1. The van der Waals surface area contributed by atoms with Crippen LogP contribution in [0.3, 0.4) is 0 Å². The van der Waals surface area contributed by atoms with E-state index in [9.17, 15) is 14.4 Å². The predicted molar refractivity (Wildman–Crippen MR) is 104 cm³/mol. The second-order valence-corrected chi connectivity index (χ2v) is 6.80. The molecule has 0 amide bonds. The van der Waals surface area contributed by atoms with E-state index in [0.717, 1.165) is 12.8 Å². The number of halogens is 1. The average molecular weight is 378 g/mol. The number of pyridine rings is 1. The first-order valence-electron chi connectivity index (χ1n) is 9.14. The van der Waals surface area contributed by atoms with Crippen LogP contribution in [0.4, 0.5) is 4.39 Å². The van der Waals surface area contributed by atoms with Gasteiger partial charge in [-0.25, -0.2) is 4.39 Å². The summed E-state index contributed by atoms with van der Waals surface area (Å²) in [5.41, 5.74) is 1.18. The predicted octanol–water partition coefficient (Wildman–Crippen LogP) is 4.04. The van der Waals surface area contributed by atoms with Gasteiger partial charge < -0.3 is 9.47 Å². The number of nitrogens with zero attached hydrogens (tertiary/aromatic N) is 2. The van der Waals surface area contributed by atoms with Gasteiger partial charge in [0.05, 0.1) is 6.61 Å². The summed E-state index contributed by atoms with van der Waals surface area (Å²) in [6.07, 6.45) is 1.72. The summed E-state index contributed by atoms with van der Waals surface area (Å²) in [5.74, 6) is 0.167. The molecule has 5 nitrogen and oxygen atoms in total. The molecule has 1 aliphatic rings. The molecule has 2 aromatic carbocycles. The van der Waals surface area contributed by atoms with Crippen LogP contribution in [0.5, 0.6) is 5.75 Å². The monoisotopic (exact) mass is 378 g/mol. The molecule has 1 aliphatic carbocycles. The van der Waals surface area contributed by atoms with Gasteiger partial charge in [-0.05, 0) is 48.7 Å². The summed E-state index contributed by atoms with van der Waals surface area (Å²) in [4.78, 5) is 13.1. The molecule has 1 fully saturated rings. The minimum atomic E-state index is -0.397. The third kappa shape index (κ3) is 3.25. The Labute approximate surface area is 161 Å². The Kier molecular flexibility index (Phi) is 4.84. The van der Waals surface area contributed by atoms with Crippen molar-refractivity contribution in [2.45, 2.75) is 18.9 Å². The van der Waals surface area contributed by atoms with Crippen molar-refractivity contribution in [3.05, 3.63) is 64.3 Å². The Morgan fingerprint density at radius 2 is 2.00 bits per heavy atom. The standard InChI is InChI=1S/C22H19FN2O3/c1-27-9-10-28-17-7-8-18-19(12-17)21(14-3-2-4-15(23)11-14)20(13-24)25(22(18)26)16-5-6-16/h2-4,7-8,11-12,16H,5-6,9-10H2,1H3. The van der Waals surface area contributed by atoms with E-state index < -0.39 is 5.82 Å². The zero-order valence-electron chi connectivity index (χ0n) is 15.4. The highest BCUT2D eigenvalue weighted by Crippen LogP contribution is 2.39. The lowest BCUT2D eigenvalue weighted by molar-refractivity contribution is 0.146. The molecule has 0 N–H and O–H groups in total. The van der Waals surface area contributed by atoms with Gasteiger partial charge in [0.15, 0.2) is 0 Å². The Morgan fingerprint density at radius 1 is 1.18 bits per heavy atom. The van der Waals surface area contributed by atoms with Crippen molar-refractivity contribution >= 4 is 10.8 Å². The third-order valence-corrected chi connectivity index (χ3v) is 4.87. The van der Waals surface area contributed by atoms with Gasteiger partial charge in [0.25, 0.3) is 5.56 Å². The van der Waals surface area contributed by atoms with E-state index in [4.69, 9.17) is 9.47 Å². The molecule has 0 spiro atoms. The van der Waals surface area contributed by atoms with Crippen LogP contribution < -0.4 is 10.3 Å². The summed E-state index contributed by atoms with van der Waals surface area (Å²) >= 11 is 0. The van der Waals surface area contributed by atoms with Gasteiger partial charge in [0, 0.05) is 29.5 Å². The summed E-state index contributed by atoms with van der Waals surface area (Å²) in [6, 6.07) is 13.5. The van der Waals surface area contributed by atoms with E-state index in [2.05, 4.69) is 6.07 Å². The first kappa shape index (κ1) is 18.2. The zero-order valence-corrected chi connectivity index (χ0v) is 15.4. The van der Waals surface area contributed by atoms with Crippen LogP contribution in [0.1, 0.15) is 24.6 Å². The Balaban J connectivity index is 2.01. The van der Waals surface area contributed by atoms with Crippen molar-refractivity contribution in [2.75, 3.05) is 20.3 Å². The van der Waals surface area contributed by atoms with E-state index in [1.54, 1.807) is 42.0 Å². The molecular weight excluding hydrogens is 359 g/mol. The van der Waals surface area contributed by atoms with Crippen LogP contribution in [0, 0.1) is 17.1 Å². The summed E-state index contributed by atoms with van der Waals surface area (Å²) in [5, 5.41) is 11.0. The van der Waals surface area contributed by atoms with Crippen LogP contribution >= 0.6 is 0 Å². The van der Waals surface area contributed by atoms with E-state index in [1.807, 2.05) is 0 Å². The second kappa shape index (κ2) is 7.45. The van der Waals surface area contributed by atoms with Gasteiger partial charge in [-0.2, -0.15) is 5.26 Å². The molecular formula is C22H19FN2O3. The lowest BCUT2D eigenvalue weighted by Gasteiger charge is -2.16. The summed E-state index contributed by atoms with van der Waals surface area (Å²) in [6.45, 7) is 0.795. The molecule has 4 rings (SSSR count). The lowest BCUT2D eigenvalue weighted by Crippen LogP contribution is -2.23. The van der Waals surface area contributed by atoms with Gasteiger partial charge in [-0.1, -0.05) is 12.1 Å². The Bertz CT molecular complexity index is 1140. The minimum Gasteiger partial charge on any atom is -0.491 e. The first-order valence-corrected chi connectivity index (χ1v) is 9.14. The van der Waals surface area contributed by atoms with E-state index >= 15 is 0 Å². The fraction of sp³-hybridized carbons (Fsp3) is 0.273. The Morgan fingerprint density at radius 3 is 2.68 bits per heavy atom. The summed E-state index contributed by atoms with van der Waals surface area (Å²) < 4.78 is 26.2. The molecule has 1 aromatic heterocycles. The number of aromatic nitrogens is 1. The van der Waals surface area contributed by atoms with Crippen molar-refractivity contribution in [3.8, 4) is 22.9 Å². The molecule has 6 heteroatoms. The maximum atomic E-state index is 13.9. The molecule has 0 radical (unpaired) electrons. The zero-order chi connectivity index (χ0) is 19.7. The van der Waals surface area contributed by atoms with Crippen molar-refractivity contribution < 1.29 is 13.9 Å². The van der Waals surface area contributed by atoms with Gasteiger partial charge in [0.2, 0.25) is 0 Å². The van der Waals surface area contributed by atoms with Crippen molar-refractivity contribution in [1.29, 1.82) is 5.26 Å². The number of hydrogen-bond donors (Lipinski definition) is 0. The number of hydrogen-bond acceptors (Lipinski definition) is 4. The first-order chi connectivity index (χ1) is 13.6. The van der Waals surface area contributed by atoms with Gasteiger partial charge in [0.1, 0.15) is 29.9 Å². The van der Waals surface area contributed by atoms with Crippen LogP contribution in [-0.4, -0.2) is 24.9 Å². The molecule has 3 aromatic rings. The lowest BCUT2D eigenvalue weighted by atomic mass is 9.96. The Hall–Kier alpha value is -3.17. The van der Waals surface area contributed by atoms with Crippen molar-refractivity contribution in [3.63, 3.8) is 0 Å². The minimum absolute atomic E-state index is 0.0245. The maximum Gasteiger partial charge on any atom is 0.259 e. The van der Waals surface area contributed by atoms with Crippen molar-refractivity contribution in [2.24, 2.45) is 0 Å². The molecule has 28 heavy (non-hydrogen) atoms. The maximum absolute atomic E-state index is 13.9. The van der Waals surface area contributed by atoms with Gasteiger partial charge in [-0.3, -0.25) is 9.36 Å². The largest absolute Gasteiger partial charge is 0.491 e. The van der Waals surface area contributed by atoms with E-state index in [-0.39, 0.29) is 17.3 Å². The second-order valence-electron chi connectivity index (χ2n) is 6.80. The molecule has 142 valence electrons. The summed E-state index contributed by atoms with van der Waals surface area (Å²) in [7, 11) is 1.59. The fourth-order valence-electron chi connectivity index (χ4n) is 3.46. The number of fused-ring (bicyclic) bond motifs is 1. The van der Waals surface area contributed by atoms with E-state index in [0.29, 0.717) is 40.9 Å². The number of methoxy groups -OCH3 is 1. The molecule has 1 saturated carbocycles. The number of nitriles is 1. The molecule has 0 unspecified atom stereocenters. The number of ether oxygens (including phenoxy) is 2. The molecule has 0 saturated heterocycles. The van der Waals surface area contributed by atoms with Crippen LogP contribution in [0.2, 0.25) is 0 Å². The fourth-order valence-corrected chi connectivity index (χ4v) is 3.46. The average Bonchev–Trinajstić information content (AvgIpc) is 3.52. The SMILES string of the molecule is COCCOc1ccc2c(=O)n(C3CC3)c(C#N)c(-c3cccc(F)c3)c2c1. The molecule has 1 heterocycles. The van der Waals surface area contributed by atoms with E-state index in [1.165, 1.54) is 12.1 Å². The van der Waals surface area contributed by atoms with Crippen LogP contribution in [-0.2, 0) is 4.74 Å². The molecule has 0 atom stereocenters. The third-order valence-electron chi connectivity index (χ3n) is 4.87. The van der Waals surface area contributed by atoms with Gasteiger partial charge in [-0.15, -0.1) is 0 Å². The van der Waals surface area contributed by atoms with Gasteiger partial charge >= 0.3 is 0 Å². The molecule has 0 aliphatic heterocycles. The highest BCUT2D eigenvalue weighted by Gasteiger charge is 2.30.